The Bertz CT molecular complexity index is 394. The van der Waals surface area contributed by atoms with Gasteiger partial charge in [0.15, 0.2) is 0 Å². The number of ether oxygens (including phenoxy) is 1. The first-order valence-corrected chi connectivity index (χ1v) is 7.65. The van der Waals surface area contributed by atoms with E-state index in [2.05, 4.69) is 25.1 Å². The van der Waals surface area contributed by atoms with Crippen LogP contribution in [0, 0.1) is 0 Å². The van der Waals surface area contributed by atoms with Crippen molar-refractivity contribution in [3.63, 3.8) is 0 Å². The normalized spacial score (nSPS) is 17.2. The van der Waals surface area contributed by atoms with Crippen LogP contribution in [0.15, 0.2) is 18.2 Å². The number of aryl methyl sites for hydroxylation is 2. The molecule has 1 aromatic carbocycles. The summed E-state index contributed by atoms with van der Waals surface area (Å²) in [6, 6.07) is 6.68. The first kappa shape index (κ1) is 14.5. The molecule has 0 fully saturated rings. The van der Waals surface area contributed by atoms with Crippen molar-refractivity contribution in [3.8, 4) is 0 Å². The lowest BCUT2D eigenvalue weighted by molar-refractivity contribution is -0.0363. The first-order valence-electron chi connectivity index (χ1n) is 7.65. The third-order valence-corrected chi connectivity index (χ3v) is 3.99. The molecule has 106 valence electrons. The Morgan fingerprint density at radius 3 is 2.74 bits per heavy atom. The lowest BCUT2D eigenvalue weighted by atomic mass is 9.98. The third-order valence-electron chi connectivity index (χ3n) is 3.99. The fraction of sp³-hybridized carbons (Fsp3) is 0.647. The van der Waals surface area contributed by atoms with Crippen LogP contribution in [-0.4, -0.2) is 23.9 Å². The second kappa shape index (κ2) is 7.06. The summed E-state index contributed by atoms with van der Waals surface area (Å²) < 4.78 is 5.66. The molecule has 0 aromatic heterocycles. The van der Waals surface area contributed by atoms with Gasteiger partial charge in [-0.2, -0.15) is 0 Å². The van der Waals surface area contributed by atoms with Crippen molar-refractivity contribution in [1.82, 2.24) is 0 Å². The molecule has 2 unspecified atom stereocenters. The minimum Gasteiger partial charge on any atom is -0.390 e. The molecule has 0 saturated heterocycles. The Kier molecular flexibility index (Phi) is 5.41. The molecule has 0 aliphatic heterocycles. The molecule has 19 heavy (non-hydrogen) atoms. The van der Waals surface area contributed by atoms with Crippen LogP contribution in [0.1, 0.15) is 49.8 Å². The van der Waals surface area contributed by atoms with Crippen LogP contribution >= 0.6 is 0 Å². The molecule has 1 aromatic rings. The predicted octanol–water partition coefficient (Wildman–Crippen LogP) is 3.28. The predicted molar refractivity (Wildman–Crippen MR) is 78.5 cm³/mol. The number of hydrogen-bond acceptors (Lipinski definition) is 2. The third kappa shape index (κ3) is 3.80. The van der Waals surface area contributed by atoms with E-state index in [-0.39, 0.29) is 12.2 Å². The molecule has 1 N–H and O–H groups in total. The van der Waals surface area contributed by atoms with Crippen LogP contribution in [0.25, 0.3) is 0 Å². The summed E-state index contributed by atoms with van der Waals surface area (Å²) in [6.07, 6.45) is 5.96. The highest BCUT2D eigenvalue weighted by molar-refractivity contribution is 5.35. The maximum absolute atomic E-state index is 10.3. The summed E-state index contributed by atoms with van der Waals surface area (Å²) in [5.41, 5.74) is 4.22. The van der Waals surface area contributed by atoms with E-state index in [4.69, 9.17) is 4.74 Å². The molecule has 2 atom stereocenters. The SMILES string of the molecule is CCCC(OCC)C(O)Cc1ccc2c(c1)CCC2. The number of rotatable bonds is 7. The molecule has 0 bridgehead atoms. The number of fused-ring (bicyclic) bond motifs is 1. The van der Waals surface area contributed by atoms with Crippen molar-refractivity contribution in [2.75, 3.05) is 6.61 Å². The average molecular weight is 262 g/mol. The molecular formula is C17H26O2. The van der Waals surface area contributed by atoms with Gasteiger partial charge in [0, 0.05) is 13.0 Å². The lowest BCUT2D eigenvalue weighted by Crippen LogP contribution is -2.31. The maximum atomic E-state index is 10.3. The molecule has 1 aliphatic rings. The smallest absolute Gasteiger partial charge is 0.0842 e. The van der Waals surface area contributed by atoms with E-state index in [1.165, 1.54) is 36.0 Å². The number of benzene rings is 1. The van der Waals surface area contributed by atoms with Gasteiger partial charge in [0.25, 0.3) is 0 Å². The standard InChI is InChI=1S/C17H26O2/c1-3-6-17(19-4-2)16(18)12-13-9-10-14-7-5-8-15(14)11-13/h9-11,16-18H,3-8,12H2,1-2H3. The fourth-order valence-electron chi connectivity index (χ4n) is 3.01. The zero-order valence-corrected chi connectivity index (χ0v) is 12.2. The van der Waals surface area contributed by atoms with Crippen LogP contribution in [0.3, 0.4) is 0 Å². The lowest BCUT2D eigenvalue weighted by Gasteiger charge is -2.22. The van der Waals surface area contributed by atoms with Gasteiger partial charge in [-0.25, -0.2) is 0 Å². The Balaban J connectivity index is 1.98. The van der Waals surface area contributed by atoms with Crippen molar-refractivity contribution in [3.05, 3.63) is 34.9 Å². The summed E-state index contributed by atoms with van der Waals surface area (Å²) >= 11 is 0. The second-order valence-corrected chi connectivity index (χ2v) is 5.51. The summed E-state index contributed by atoms with van der Waals surface area (Å²) in [5.74, 6) is 0. The molecule has 2 rings (SSSR count). The fourth-order valence-corrected chi connectivity index (χ4v) is 3.01. The molecule has 0 amide bonds. The Morgan fingerprint density at radius 1 is 1.21 bits per heavy atom. The van der Waals surface area contributed by atoms with Gasteiger partial charge in [-0.3, -0.25) is 0 Å². The number of aliphatic hydroxyl groups excluding tert-OH is 1. The van der Waals surface area contributed by atoms with Gasteiger partial charge in [0.05, 0.1) is 12.2 Å². The number of aliphatic hydroxyl groups is 1. The molecule has 2 nitrogen and oxygen atoms in total. The first-order chi connectivity index (χ1) is 9.24. The van der Waals surface area contributed by atoms with E-state index >= 15 is 0 Å². The molecule has 2 heteroatoms. The van der Waals surface area contributed by atoms with Crippen LogP contribution < -0.4 is 0 Å². The van der Waals surface area contributed by atoms with Gasteiger partial charge in [0.2, 0.25) is 0 Å². The van der Waals surface area contributed by atoms with Crippen LogP contribution in [0.4, 0.5) is 0 Å². The highest BCUT2D eigenvalue weighted by Crippen LogP contribution is 2.24. The quantitative estimate of drug-likeness (QED) is 0.817. The molecule has 0 spiro atoms. The van der Waals surface area contributed by atoms with E-state index in [9.17, 15) is 5.11 Å². The number of hydrogen-bond donors (Lipinski definition) is 1. The van der Waals surface area contributed by atoms with Gasteiger partial charge >= 0.3 is 0 Å². The molecule has 0 saturated carbocycles. The van der Waals surface area contributed by atoms with Crippen molar-refractivity contribution in [1.29, 1.82) is 0 Å². The van der Waals surface area contributed by atoms with Gasteiger partial charge in [0.1, 0.15) is 0 Å². The van der Waals surface area contributed by atoms with Crippen LogP contribution in [0.2, 0.25) is 0 Å². The molecule has 0 heterocycles. The zero-order chi connectivity index (χ0) is 13.7. The minimum atomic E-state index is -0.389. The topological polar surface area (TPSA) is 29.5 Å². The highest BCUT2D eigenvalue weighted by Gasteiger charge is 2.20. The van der Waals surface area contributed by atoms with Crippen molar-refractivity contribution in [2.45, 2.75) is 64.6 Å². The molecular weight excluding hydrogens is 236 g/mol. The summed E-state index contributed by atoms with van der Waals surface area (Å²) in [6.45, 7) is 4.80. The summed E-state index contributed by atoms with van der Waals surface area (Å²) in [5, 5.41) is 10.3. The molecule has 1 aliphatic carbocycles. The maximum Gasteiger partial charge on any atom is 0.0842 e. The summed E-state index contributed by atoms with van der Waals surface area (Å²) in [4.78, 5) is 0. The van der Waals surface area contributed by atoms with Crippen molar-refractivity contribution >= 4 is 0 Å². The van der Waals surface area contributed by atoms with Gasteiger partial charge < -0.3 is 9.84 Å². The zero-order valence-electron chi connectivity index (χ0n) is 12.2. The minimum absolute atomic E-state index is 0.0248. The Labute approximate surface area is 116 Å². The monoisotopic (exact) mass is 262 g/mol. The summed E-state index contributed by atoms with van der Waals surface area (Å²) in [7, 11) is 0. The molecule has 0 radical (unpaired) electrons. The average Bonchev–Trinajstić information content (AvgIpc) is 2.86. The Morgan fingerprint density at radius 2 is 2.00 bits per heavy atom. The van der Waals surface area contributed by atoms with Gasteiger partial charge in [-0.1, -0.05) is 31.5 Å². The van der Waals surface area contributed by atoms with E-state index in [1.807, 2.05) is 6.92 Å². The largest absolute Gasteiger partial charge is 0.390 e. The Hall–Kier alpha value is -0.860. The highest BCUT2D eigenvalue weighted by atomic mass is 16.5. The van der Waals surface area contributed by atoms with Crippen molar-refractivity contribution in [2.24, 2.45) is 0 Å². The second-order valence-electron chi connectivity index (χ2n) is 5.51. The van der Waals surface area contributed by atoms with E-state index in [0.29, 0.717) is 13.0 Å². The van der Waals surface area contributed by atoms with Gasteiger partial charge in [-0.15, -0.1) is 0 Å². The van der Waals surface area contributed by atoms with E-state index in [0.717, 1.165) is 12.8 Å². The van der Waals surface area contributed by atoms with Crippen LogP contribution in [0.5, 0.6) is 0 Å². The van der Waals surface area contributed by atoms with E-state index < -0.39 is 0 Å². The van der Waals surface area contributed by atoms with Crippen LogP contribution in [-0.2, 0) is 24.0 Å². The van der Waals surface area contributed by atoms with Gasteiger partial charge in [-0.05, 0) is 49.3 Å². The van der Waals surface area contributed by atoms with Crippen molar-refractivity contribution < 1.29 is 9.84 Å². The van der Waals surface area contributed by atoms with E-state index in [1.54, 1.807) is 0 Å².